The van der Waals surface area contributed by atoms with E-state index in [1.807, 2.05) is 19.1 Å². The van der Waals surface area contributed by atoms with Crippen molar-refractivity contribution in [3.63, 3.8) is 0 Å². The van der Waals surface area contributed by atoms with Crippen LogP contribution >= 0.6 is 22.7 Å². The summed E-state index contributed by atoms with van der Waals surface area (Å²) in [4.78, 5) is 50.5. The summed E-state index contributed by atoms with van der Waals surface area (Å²) in [5.41, 5.74) is -1.75. The zero-order chi connectivity index (χ0) is 26.2. The topological polar surface area (TPSA) is 109 Å². The first-order valence-corrected chi connectivity index (χ1v) is 13.4. The van der Waals surface area contributed by atoms with Crippen LogP contribution in [0, 0.1) is 10.8 Å². The van der Waals surface area contributed by atoms with Crippen molar-refractivity contribution >= 4 is 46.8 Å². The second-order valence-electron chi connectivity index (χ2n) is 9.77. The fraction of sp³-hybridized carbons (Fsp3) is 0.481. The zero-order valence-corrected chi connectivity index (χ0v) is 22.4. The first-order chi connectivity index (χ1) is 16.3. The highest BCUT2D eigenvalue weighted by Crippen LogP contribution is 2.29. The van der Waals surface area contributed by atoms with Gasteiger partial charge in [-0.2, -0.15) is 0 Å². The SMILES string of the molecule is CCC(C)(CCCc1cc(=O)cc(/C=C\c2cc(=O)cc(CCCC(C)(C)C(=O)O)s2)s1)C(=O)O. The van der Waals surface area contributed by atoms with Gasteiger partial charge in [0.2, 0.25) is 0 Å². The van der Waals surface area contributed by atoms with E-state index in [4.69, 9.17) is 0 Å². The van der Waals surface area contributed by atoms with Gasteiger partial charge in [0.15, 0.2) is 10.9 Å². The molecule has 2 N–H and O–H groups in total. The van der Waals surface area contributed by atoms with Gasteiger partial charge in [-0.15, -0.1) is 22.7 Å². The highest BCUT2D eigenvalue weighted by atomic mass is 32.1. The Morgan fingerprint density at radius 1 is 0.800 bits per heavy atom. The molecule has 0 saturated heterocycles. The van der Waals surface area contributed by atoms with Crippen molar-refractivity contribution in [2.24, 2.45) is 10.8 Å². The van der Waals surface area contributed by atoms with Gasteiger partial charge in [0.25, 0.3) is 0 Å². The number of aryl methyl sites for hydroxylation is 2. The molecule has 0 aliphatic rings. The molecule has 0 fully saturated rings. The fourth-order valence-corrected chi connectivity index (χ4v) is 5.65. The largest absolute Gasteiger partial charge is 0.481 e. The third-order valence-corrected chi connectivity index (χ3v) is 8.49. The van der Waals surface area contributed by atoms with Crippen LogP contribution in [0.15, 0.2) is 33.9 Å². The Hall–Kier alpha value is -2.58. The molecular formula is C27H34O6S2. The maximum Gasteiger partial charge on any atom is 0.309 e. The van der Waals surface area contributed by atoms with Crippen LogP contribution in [0.2, 0.25) is 0 Å². The number of rotatable bonds is 13. The number of aliphatic carboxylic acids is 2. The predicted molar refractivity (Wildman–Crippen MR) is 143 cm³/mol. The van der Waals surface area contributed by atoms with Crippen LogP contribution in [0.25, 0.3) is 12.2 Å². The Bertz CT molecular complexity index is 1190. The molecule has 0 aliphatic carbocycles. The second kappa shape index (κ2) is 12.4. The van der Waals surface area contributed by atoms with Crippen molar-refractivity contribution < 1.29 is 19.8 Å². The molecule has 2 aromatic heterocycles. The van der Waals surface area contributed by atoms with E-state index in [-0.39, 0.29) is 10.9 Å². The number of carbonyl (C=O) groups is 2. The van der Waals surface area contributed by atoms with E-state index in [1.54, 1.807) is 45.0 Å². The van der Waals surface area contributed by atoms with Gasteiger partial charge in [-0.05, 0) is 90.0 Å². The van der Waals surface area contributed by atoms with E-state index in [2.05, 4.69) is 0 Å². The molecule has 0 aliphatic heterocycles. The quantitative estimate of drug-likeness (QED) is 0.339. The number of carboxylic acid groups (broad SMARTS) is 2. The molecule has 2 heterocycles. The first kappa shape index (κ1) is 28.7. The molecule has 35 heavy (non-hydrogen) atoms. The normalized spacial score (nSPS) is 13.6. The molecule has 8 heteroatoms. The molecule has 1 unspecified atom stereocenters. The average molecular weight is 519 g/mol. The third-order valence-electron chi connectivity index (χ3n) is 6.34. The molecular weight excluding hydrogens is 484 g/mol. The summed E-state index contributed by atoms with van der Waals surface area (Å²) in [6, 6.07) is 6.30. The van der Waals surface area contributed by atoms with Gasteiger partial charge in [-0.1, -0.05) is 6.92 Å². The highest BCUT2D eigenvalue weighted by molar-refractivity contribution is 7.13. The molecule has 2 aromatic rings. The Morgan fingerprint density at radius 2 is 1.26 bits per heavy atom. The van der Waals surface area contributed by atoms with Gasteiger partial charge in [0.1, 0.15) is 0 Å². The lowest BCUT2D eigenvalue weighted by molar-refractivity contribution is -0.149. The van der Waals surface area contributed by atoms with E-state index in [0.717, 1.165) is 19.5 Å². The van der Waals surface area contributed by atoms with Crippen molar-refractivity contribution in [2.45, 2.75) is 72.6 Å². The van der Waals surface area contributed by atoms with Gasteiger partial charge in [-0.3, -0.25) is 19.2 Å². The van der Waals surface area contributed by atoms with E-state index in [9.17, 15) is 29.4 Å². The Labute approximate surface area is 214 Å². The summed E-state index contributed by atoms with van der Waals surface area (Å²) in [5.74, 6) is -1.62. The van der Waals surface area contributed by atoms with Crippen LogP contribution in [0.1, 0.15) is 79.3 Å². The Morgan fingerprint density at radius 3 is 1.66 bits per heavy atom. The van der Waals surface area contributed by atoms with Crippen molar-refractivity contribution in [3.8, 4) is 0 Å². The lowest BCUT2D eigenvalue weighted by Gasteiger charge is -2.22. The maximum atomic E-state index is 12.2. The van der Waals surface area contributed by atoms with Crippen LogP contribution in [0.5, 0.6) is 0 Å². The molecule has 0 amide bonds. The molecule has 1 atom stereocenters. The van der Waals surface area contributed by atoms with E-state index < -0.39 is 22.8 Å². The minimum Gasteiger partial charge on any atom is -0.481 e. The van der Waals surface area contributed by atoms with Crippen LogP contribution < -0.4 is 10.9 Å². The van der Waals surface area contributed by atoms with Gasteiger partial charge in [0, 0.05) is 31.6 Å². The number of hydrogen-bond donors (Lipinski definition) is 2. The molecule has 190 valence electrons. The summed E-state index contributed by atoms with van der Waals surface area (Å²) in [7, 11) is 0. The van der Waals surface area contributed by atoms with Crippen molar-refractivity contribution in [3.05, 3.63) is 64.2 Å². The Balaban J connectivity index is 2.09. The fourth-order valence-electron chi connectivity index (χ4n) is 3.58. The minimum atomic E-state index is -0.829. The summed E-state index contributed by atoms with van der Waals surface area (Å²) in [6.45, 7) is 7.03. The first-order valence-electron chi connectivity index (χ1n) is 11.8. The lowest BCUT2D eigenvalue weighted by Crippen LogP contribution is -2.26. The Kier molecular flexibility index (Phi) is 10.2. The van der Waals surface area contributed by atoms with Crippen molar-refractivity contribution in [1.29, 1.82) is 0 Å². The van der Waals surface area contributed by atoms with Crippen LogP contribution in [-0.4, -0.2) is 22.2 Å². The monoisotopic (exact) mass is 518 g/mol. The molecule has 0 saturated carbocycles. The third kappa shape index (κ3) is 8.85. The van der Waals surface area contributed by atoms with Gasteiger partial charge in [0.05, 0.1) is 10.8 Å². The van der Waals surface area contributed by atoms with Crippen molar-refractivity contribution in [2.75, 3.05) is 0 Å². The van der Waals surface area contributed by atoms with Gasteiger partial charge in [-0.25, -0.2) is 0 Å². The minimum absolute atomic E-state index is 0.0992. The lowest BCUT2D eigenvalue weighted by atomic mass is 9.82. The van der Waals surface area contributed by atoms with Crippen LogP contribution in [-0.2, 0) is 22.4 Å². The van der Waals surface area contributed by atoms with E-state index in [1.165, 1.54) is 22.7 Å². The second-order valence-corrected chi connectivity index (χ2v) is 12.2. The molecule has 6 nitrogen and oxygen atoms in total. The molecule has 0 radical (unpaired) electrons. The molecule has 0 spiro atoms. The van der Waals surface area contributed by atoms with Crippen molar-refractivity contribution in [1.82, 2.24) is 0 Å². The summed E-state index contributed by atoms with van der Waals surface area (Å²) in [6.07, 6.45) is 7.90. The predicted octanol–water partition coefficient (Wildman–Crippen LogP) is 5.96. The highest BCUT2D eigenvalue weighted by Gasteiger charge is 2.30. The average Bonchev–Trinajstić information content (AvgIpc) is 2.76. The smallest absolute Gasteiger partial charge is 0.309 e. The number of hydrogen-bond acceptors (Lipinski definition) is 6. The van der Waals surface area contributed by atoms with E-state index in [0.29, 0.717) is 44.9 Å². The molecule has 0 aromatic carbocycles. The van der Waals surface area contributed by atoms with Gasteiger partial charge < -0.3 is 10.2 Å². The van der Waals surface area contributed by atoms with Gasteiger partial charge >= 0.3 is 11.9 Å². The van der Waals surface area contributed by atoms with Crippen LogP contribution in [0.3, 0.4) is 0 Å². The maximum absolute atomic E-state index is 12.2. The summed E-state index contributed by atoms with van der Waals surface area (Å²) in [5, 5.41) is 18.7. The number of carboxylic acids is 2. The molecule has 0 bridgehead atoms. The summed E-state index contributed by atoms with van der Waals surface area (Å²) >= 11 is 2.97. The zero-order valence-electron chi connectivity index (χ0n) is 20.8. The summed E-state index contributed by atoms with van der Waals surface area (Å²) < 4.78 is 0. The van der Waals surface area contributed by atoms with E-state index >= 15 is 0 Å². The standard InChI is InChI=1S/C27H34O6S2/c1-5-27(4,25(32)33)13-7-9-21-15-19(29)17-23(35-21)11-10-22-16-18(28)14-20(34-22)8-6-12-26(2,3)24(30)31/h10-11,14-17H,5-9,12-13H2,1-4H3,(H,30,31)(H,32,33)/b11-10-. The molecule has 2 rings (SSSR count). The van der Waals surface area contributed by atoms with Crippen LogP contribution in [0.4, 0.5) is 0 Å².